The summed E-state index contributed by atoms with van der Waals surface area (Å²) in [6.45, 7) is 4.27. The van der Waals surface area contributed by atoms with Crippen LogP contribution in [0.3, 0.4) is 0 Å². The molecule has 6 heteroatoms. The maximum absolute atomic E-state index is 12.8. The lowest BCUT2D eigenvalue weighted by molar-refractivity contribution is -0.122. The Morgan fingerprint density at radius 3 is 2.34 bits per heavy atom. The number of unbranched alkanes of at least 4 members (excludes halogenated alkanes) is 1. The van der Waals surface area contributed by atoms with Gasteiger partial charge in [0.05, 0.1) is 12.0 Å². The van der Waals surface area contributed by atoms with Gasteiger partial charge in [-0.15, -0.1) is 0 Å². The minimum absolute atomic E-state index is 0.00547. The van der Waals surface area contributed by atoms with Gasteiger partial charge in [-0.25, -0.2) is 0 Å². The van der Waals surface area contributed by atoms with E-state index in [0.29, 0.717) is 6.54 Å². The Hall–Kier alpha value is -2.86. The van der Waals surface area contributed by atoms with Crippen molar-refractivity contribution < 1.29 is 14.7 Å². The normalized spacial score (nSPS) is 19.4. The number of nitrogens with one attached hydrogen (secondary N) is 1. The predicted octanol–water partition coefficient (Wildman–Crippen LogP) is 3.98. The smallest absolute Gasteiger partial charge is 0.229 e. The van der Waals surface area contributed by atoms with E-state index in [1.54, 1.807) is 4.90 Å². The number of piperidine rings is 1. The highest BCUT2D eigenvalue weighted by Gasteiger charge is 2.35. The Bertz CT molecular complexity index is 918. The molecule has 0 aromatic heterocycles. The van der Waals surface area contributed by atoms with E-state index in [1.165, 1.54) is 5.56 Å². The molecule has 0 saturated carbocycles. The van der Waals surface area contributed by atoms with Gasteiger partial charge in [0.25, 0.3) is 0 Å². The molecule has 2 amide bonds. The van der Waals surface area contributed by atoms with E-state index in [4.69, 9.17) is 0 Å². The van der Waals surface area contributed by atoms with Crippen molar-refractivity contribution in [3.8, 4) is 0 Å². The SMILES string of the molecule is CCCCc1ccc(N2CC(C(=O)Nc3ccc(N4CCC(O)CC4)cc3)CC2=O)cc1. The van der Waals surface area contributed by atoms with Crippen LogP contribution >= 0.6 is 0 Å². The monoisotopic (exact) mass is 435 g/mol. The first kappa shape index (κ1) is 22.3. The number of amides is 2. The summed E-state index contributed by atoms with van der Waals surface area (Å²) in [5, 5.41) is 12.6. The molecule has 1 unspecified atom stereocenters. The molecule has 32 heavy (non-hydrogen) atoms. The van der Waals surface area contributed by atoms with Gasteiger partial charge in [0.15, 0.2) is 0 Å². The fourth-order valence-corrected chi connectivity index (χ4v) is 4.48. The summed E-state index contributed by atoms with van der Waals surface area (Å²) in [5.41, 5.74) is 3.98. The third-order valence-electron chi connectivity index (χ3n) is 6.53. The standard InChI is InChI=1S/C26H33N3O3/c1-2-3-4-19-5-9-23(10-6-19)29-18-20(17-25(29)31)26(32)27-21-7-11-22(12-8-21)28-15-13-24(30)14-16-28/h5-12,20,24,30H,2-4,13-18H2,1H3,(H,27,32). The third-order valence-corrected chi connectivity index (χ3v) is 6.53. The van der Waals surface area contributed by atoms with Crippen LogP contribution in [0.4, 0.5) is 17.1 Å². The van der Waals surface area contributed by atoms with Crippen LogP contribution in [0.25, 0.3) is 0 Å². The van der Waals surface area contributed by atoms with E-state index < -0.39 is 0 Å². The minimum atomic E-state index is -0.356. The number of aliphatic hydroxyl groups excluding tert-OH is 1. The number of hydrogen-bond donors (Lipinski definition) is 2. The molecule has 0 spiro atoms. The number of rotatable bonds is 7. The summed E-state index contributed by atoms with van der Waals surface area (Å²) < 4.78 is 0. The molecule has 4 rings (SSSR count). The number of carbonyl (C=O) groups excluding carboxylic acids is 2. The molecule has 2 aromatic rings. The van der Waals surface area contributed by atoms with Crippen molar-refractivity contribution in [3.63, 3.8) is 0 Å². The van der Waals surface area contributed by atoms with Gasteiger partial charge in [0.2, 0.25) is 11.8 Å². The van der Waals surface area contributed by atoms with Gasteiger partial charge in [0, 0.05) is 43.1 Å². The molecule has 1 atom stereocenters. The quantitative estimate of drug-likeness (QED) is 0.690. The summed E-state index contributed by atoms with van der Waals surface area (Å²) in [7, 11) is 0. The van der Waals surface area contributed by atoms with Crippen LogP contribution in [0.2, 0.25) is 0 Å². The molecule has 6 nitrogen and oxygen atoms in total. The van der Waals surface area contributed by atoms with Gasteiger partial charge in [-0.3, -0.25) is 9.59 Å². The average molecular weight is 436 g/mol. The first-order chi connectivity index (χ1) is 15.5. The van der Waals surface area contributed by atoms with Gasteiger partial charge >= 0.3 is 0 Å². The number of hydrogen-bond acceptors (Lipinski definition) is 4. The van der Waals surface area contributed by atoms with E-state index in [9.17, 15) is 14.7 Å². The van der Waals surface area contributed by atoms with Crippen LogP contribution in [0.5, 0.6) is 0 Å². The van der Waals surface area contributed by atoms with Crippen molar-refractivity contribution in [2.24, 2.45) is 5.92 Å². The Morgan fingerprint density at radius 2 is 1.69 bits per heavy atom. The van der Waals surface area contributed by atoms with E-state index in [0.717, 1.165) is 62.3 Å². The molecule has 2 fully saturated rings. The van der Waals surface area contributed by atoms with Crippen LogP contribution in [-0.4, -0.2) is 42.7 Å². The van der Waals surface area contributed by atoms with Crippen molar-refractivity contribution >= 4 is 28.9 Å². The van der Waals surface area contributed by atoms with Crippen LogP contribution in [0.1, 0.15) is 44.6 Å². The van der Waals surface area contributed by atoms with Crippen LogP contribution < -0.4 is 15.1 Å². The molecular weight excluding hydrogens is 402 g/mol. The Kier molecular flexibility index (Phi) is 7.10. The van der Waals surface area contributed by atoms with Crippen LogP contribution in [0, 0.1) is 5.92 Å². The van der Waals surface area contributed by atoms with E-state index in [2.05, 4.69) is 29.3 Å². The molecular formula is C26H33N3O3. The second-order valence-corrected chi connectivity index (χ2v) is 8.93. The van der Waals surface area contributed by atoms with Gasteiger partial charge < -0.3 is 20.2 Å². The van der Waals surface area contributed by atoms with Crippen molar-refractivity contribution in [1.82, 2.24) is 0 Å². The lowest BCUT2D eigenvalue weighted by Gasteiger charge is -2.31. The van der Waals surface area contributed by atoms with Crippen molar-refractivity contribution in [3.05, 3.63) is 54.1 Å². The van der Waals surface area contributed by atoms with Gasteiger partial charge in [-0.1, -0.05) is 25.5 Å². The van der Waals surface area contributed by atoms with Crippen molar-refractivity contribution in [1.29, 1.82) is 0 Å². The Labute approximate surface area is 190 Å². The maximum Gasteiger partial charge on any atom is 0.229 e. The Balaban J connectivity index is 1.32. The first-order valence-electron chi connectivity index (χ1n) is 11.8. The summed E-state index contributed by atoms with van der Waals surface area (Å²) >= 11 is 0. The zero-order valence-corrected chi connectivity index (χ0v) is 18.8. The van der Waals surface area contributed by atoms with Gasteiger partial charge in [-0.2, -0.15) is 0 Å². The average Bonchev–Trinajstić information content (AvgIpc) is 3.21. The van der Waals surface area contributed by atoms with Crippen molar-refractivity contribution in [2.75, 3.05) is 34.8 Å². The number of anilines is 3. The number of aliphatic hydroxyl groups is 1. The van der Waals surface area contributed by atoms with Crippen LogP contribution in [-0.2, 0) is 16.0 Å². The number of carbonyl (C=O) groups is 2. The van der Waals surface area contributed by atoms with E-state index >= 15 is 0 Å². The lowest BCUT2D eigenvalue weighted by Crippen LogP contribution is -2.35. The van der Waals surface area contributed by atoms with E-state index in [1.807, 2.05) is 36.4 Å². The number of benzene rings is 2. The molecule has 0 radical (unpaired) electrons. The number of aryl methyl sites for hydroxylation is 1. The predicted molar refractivity (Wildman–Crippen MR) is 128 cm³/mol. The Morgan fingerprint density at radius 1 is 1.03 bits per heavy atom. The molecule has 2 aliphatic rings. The minimum Gasteiger partial charge on any atom is -0.393 e. The molecule has 2 N–H and O–H groups in total. The molecule has 2 aromatic carbocycles. The summed E-state index contributed by atoms with van der Waals surface area (Å²) in [6.07, 6.45) is 4.97. The summed E-state index contributed by atoms with van der Waals surface area (Å²) in [4.78, 5) is 29.3. The first-order valence-corrected chi connectivity index (χ1v) is 11.8. The highest BCUT2D eigenvalue weighted by atomic mass is 16.3. The second-order valence-electron chi connectivity index (χ2n) is 8.93. The zero-order valence-electron chi connectivity index (χ0n) is 18.8. The highest BCUT2D eigenvalue weighted by molar-refractivity contribution is 6.03. The van der Waals surface area contributed by atoms with Crippen molar-refractivity contribution in [2.45, 2.75) is 51.6 Å². The molecule has 170 valence electrons. The number of nitrogens with zero attached hydrogens (tertiary/aromatic N) is 2. The molecule has 2 heterocycles. The molecule has 2 saturated heterocycles. The molecule has 0 bridgehead atoms. The lowest BCUT2D eigenvalue weighted by atomic mass is 10.1. The maximum atomic E-state index is 12.8. The van der Waals surface area contributed by atoms with Gasteiger partial charge in [0.1, 0.15) is 0 Å². The zero-order chi connectivity index (χ0) is 22.5. The molecule has 0 aliphatic carbocycles. The second kappa shape index (κ2) is 10.2. The van der Waals surface area contributed by atoms with Gasteiger partial charge in [-0.05, 0) is 67.6 Å². The highest BCUT2D eigenvalue weighted by Crippen LogP contribution is 2.27. The topological polar surface area (TPSA) is 72.9 Å². The largest absolute Gasteiger partial charge is 0.393 e. The third kappa shape index (κ3) is 5.30. The molecule has 2 aliphatic heterocycles. The fourth-order valence-electron chi connectivity index (χ4n) is 4.48. The van der Waals surface area contributed by atoms with Crippen LogP contribution in [0.15, 0.2) is 48.5 Å². The van der Waals surface area contributed by atoms with E-state index in [-0.39, 0.29) is 30.3 Å². The fraction of sp³-hybridized carbons (Fsp3) is 0.462. The summed E-state index contributed by atoms with van der Waals surface area (Å²) in [6, 6.07) is 15.9. The summed E-state index contributed by atoms with van der Waals surface area (Å²) in [5.74, 6) is -0.478.